The molecule has 11 heteroatoms. The molecule has 2 rings (SSSR count). The largest absolute Gasteiger partial charge is 0.463 e. The zero-order chi connectivity index (χ0) is 22.5. The van der Waals surface area contributed by atoms with Crippen molar-refractivity contribution in [2.24, 2.45) is 0 Å². The lowest BCUT2D eigenvalue weighted by molar-refractivity contribution is -0.138. The number of nitrogens with one attached hydrogen (secondary N) is 3. The van der Waals surface area contributed by atoms with Gasteiger partial charge in [0, 0.05) is 5.54 Å². The molecule has 1 aliphatic heterocycles. The van der Waals surface area contributed by atoms with Gasteiger partial charge in [-0.1, -0.05) is 0 Å². The molecule has 0 aromatic heterocycles. The summed E-state index contributed by atoms with van der Waals surface area (Å²) < 4.78 is 37.3. The summed E-state index contributed by atoms with van der Waals surface area (Å²) in [6.07, 6.45) is 0. The van der Waals surface area contributed by atoms with Crippen molar-refractivity contribution < 1.29 is 32.3 Å². The summed E-state index contributed by atoms with van der Waals surface area (Å²) in [5, 5.41) is 4.87. The maximum Gasteiger partial charge on any atom is 0.338 e. The molecule has 10 nitrogen and oxygen atoms in total. The highest BCUT2D eigenvalue weighted by molar-refractivity contribution is 7.89. The second-order valence-corrected chi connectivity index (χ2v) is 9.12. The summed E-state index contributed by atoms with van der Waals surface area (Å²) in [5.74, 6) is -1.37. The van der Waals surface area contributed by atoms with Crippen LogP contribution in [0.3, 0.4) is 0 Å². The minimum atomic E-state index is -3.73. The molecule has 3 N–H and O–H groups in total. The third-order valence-corrected chi connectivity index (χ3v) is 5.54. The Morgan fingerprint density at radius 2 is 1.73 bits per heavy atom. The maximum atomic E-state index is 12.3. The number of sulfonamides is 1. The quantitative estimate of drug-likeness (QED) is 0.540. The standard InChI is InChI=1S/C19H25N3O7S/c1-5-28-17(24)14-10-20-18(25)21-15(14)11-29-16(23)12-6-8-13(9-7-12)30(26,27)22-19(2,3)4/h6-9,22H,5,10-11H2,1-4H3,(H2,20,21,25). The van der Waals surface area contributed by atoms with Crippen molar-refractivity contribution in [1.29, 1.82) is 0 Å². The number of urea groups is 1. The fourth-order valence-corrected chi connectivity index (χ4v) is 3.94. The highest BCUT2D eigenvalue weighted by atomic mass is 32.2. The van der Waals surface area contributed by atoms with Gasteiger partial charge in [0.15, 0.2) is 0 Å². The van der Waals surface area contributed by atoms with Crippen molar-refractivity contribution >= 4 is 28.0 Å². The SMILES string of the molecule is CCOC(=O)C1=C(COC(=O)c2ccc(S(=O)(=O)NC(C)(C)C)cc2)NC(=O)NC1. The first-order valence-electron chi connectivity index (χ1n) is 9.18. The van der Waals surface area contributed by atoms with E-state index in [2.05, 4.69) is 15.4 Å². The minimum absolute atomic E-state index is 0.00639. The predicted molar refractivity (Wildman–Crippen MR) is 107 cm³/mol. The van der Waals surface area contributed by atoms with Crippen LogP contribution in [0.5, 0.6) is 0 Å². The first-order valence-corrected chi connectivity index (χ1v) is 10.7. The van der Waals surface area contributed by atoms with Gasteiger partial charge >= 0.3 is 18.0 Å². The van der Waals surface area contributed by atoms with Gasteiger partial charge in [-0.2, -0.15) is 0 Å². The lowest BCUT2D eigenvalue weighted by atomic mass is 10.1. The monoisotopic (exact) mass is 439 g/mol. The smallest absolute Gasteiger partial charge is 0.338 e. The minimum Gasteiger partial charge on any atom is -0.463 e. The molecule has 0 bridgehead atoms. The molecule has 0 unspecified atom stereocenters. The highest BCUT2D eigenvalue weighted by Crippen LogP contribution is 2.15. The molecule has 0 atom stereocenters. The molecule has 1 aromatic rings. The lowest BCUT2D eigenvalue weighted by Gasteiger charge is -2.21. The van der Waals surface area contributed by atoms with Crippen LogP contribution in [0.25, 0.3) is 0 Å². The number of carbonyl (C=O) groups is 3. The van der Waals surface area contributed by atoms with Gasteiger partial charge in [0.2, 0.25) is 10.0 Å². The van der Waals surface area contributed by atoms with E-state index in [1.54, 1.807) is 27.7 Å². The topological polar surface area (TPSA) is 140 Å². The fourth-order valence-electron chi connectivity index (χ4n) is 2.52. The van der Waals surface area contributed by atoms with Crippen LogP contribution in [-0.2, 0) is 24.3 Å². The number of hydrogen-bond donors (Lipinski definition) is 3. The molecule has 30 heavy (non-hydrogen) atoms. The van der Waals surface area contributed by atoms with E-state index in [1.165, 1.54) is 24.3 Å². The third kappa shape index (κ3) is 6.29. The van der Waals surface area contributed by atoms with Gasteiger partial charge in [0.1, 0.15) is 6.61 Å². The van der Waals surface area contributed by atoms with Crippen molar-refractivity contribution in [3.05, 3.63) is 41.1 Å². The third-order valence-electron chi connectivity index (χ3n) is 3.76. The van der Waals surface area contributed by atoms with Gasteiger partial charge < -0.3 is 20.1 Å². The van der Waals surface area contributed by atoms with Crippen molar-refractivity contribution in [1.82, 2.24) is 15.4 Å². The molecule has 0 spiro atoms. The molecule has 164 valence electrons. The van der Waals surface area contributed by atoms with E-state index in [4.69, 9.17) is 9.47 Å². The van der Waals surface area contributed by atoms with Crippen molar-refractivity contribution in [3.8, 4) is 0 Å². The number of amides is 2. The number of rotatable bonds is 7. The average Bonchev–Trinajstić information content (AvgIpc) is 2.64. The Bertz CT molecular complexity index is 961. The molecular formula is C19H25N3O7S. The van der Waals surface area contributed by atoms with Gasteiger partial charge in [-0.25, -0.2) is 27.5 Å². The van der Waals surface area contributed by atoms with E-state index < -0.39 is 33.5 Å². The van der Waals surface area contributed by atoms with Gasteiger partial charge in [-0.3, -0.25) is 0 Å². The van der Waals surface area contributed by atoms with Crippen LogP contribution in [0.4, 0.5) is 4.79 Å². The van der Waals surface area contributed by atoms with Crippen LogP contribution in [0.2, 0.25) is 0 Å². The summed E-state index contributed by atoms with van der Waals surface area (Å²) in [4.78, 5) is 35.8. The van der Waals surface area contributed by atoms with E-state index in [1.807, 2.05) is 0 Å². The van der Waals surface area contributed by atoms with Gasteiger partial charge in [-0.05, 0) is 52.0 Å². The first-order chi connectivity index (χ1) is 13.9. The highest BCUT2D eigenvalue weighted by Gasteiger charge is 2.25. The molecule has 0 saturated carbocycles. The van der Waals surface area contributed by atoms with Crippen LogP contribution < -0.4 is 15.4 Å². The molecule has 1 aliphatic rings. The Hall–Kier alpha value is -2.92. The molecule has 2 amide bonds. The normalized spacial score (nSPS) is 14.6. The molecule has 0 saturated heterocycles. The number of ether oxygens (including phenoxy) is 2. The van der Waals surface area contributed by atoms with Crippen LogP contribution >= 0.6 is 0 Å². The summed E-state index contributed by atoms with van der Waals surface area (Å²) in [6, 6.07) is 4.69. The van der Waals surface area contributed by atoms with Gasteiger partial charge in [-0.15, -0.1) is 0 Å². The maximum absolute atomic E-state index is 12.3. The molecule has 0 radical (unpaired) electrons. The van der Waals surface area contributed by atoms with Crippen molar-refractivity contribution in [2.45, 2.75) is 38.1 Å². The van der Waals surface area contributed by atoms with Crippen LogP contribution in [-0.4, -0.2) is 51.7 Å². The van der Waals surface area contributed by atoms with Crippen LogP contribution in [0.1, 0.15) is 38.1 Å². The Kier molecular flexibility index (Phi) is 7.21. The number of benzene rings is 1. The van der Waals surface area contributed by atoms with Gasteiger partial charge in [0.25, 0.3) is 0 Å². The zero-order valence-electron chi connectivity index (χ0n) is 17.2. The summed E-state index contributed by atoms with van der Waals surface area (Å²) >= 11 is 0. The zero-order valence-corrected chi connectivity index (χ0v) is 18.0. The average molecular weight is 439 g/mol. The Balaban J connectivity index is 2.10. The van der Waals surface area contributed by atoms with E-state index in [0.29, 0.717) is 0 Å². The predicted octanol–water partition coefficient (Wildman–Crippen LogP) is 1.05. The Morgan fingerprint density at radius 1 is 1.10 bits per heavy atom. The summed E-state index contributed by atoms with van der Waals surface area (Å²) in [6.45, 7) is 6.55. The molecule has 0 aliphatic carbocycles. The van der Waals surface area contributed by atoms with E-state index in [9.17, 15) is 22.8 Å². The lowest BCUT2D eigenvalue weighted by Crippen LogP contribution is -2.45. The second kappa shape index (κ2) is 9.26. The van der Waals surface area contributed by atoms with E-state index in [0.717, 1.165) is 0 Å². The molecule has 1 heterocycles. The summed E-state index contributed by atoms with van der Waals surface area (Å²) in [7, 11) is -3.73. The molecule has 0 fully saturated rings. The van der Waals surface area contributed by atoms with Gasteiger partial charge in [0.05, 0.1) is 34.9 Å². The van der Waals surface area contributed by atoms with Crippen LogP contribution in [0, 0.1) is 0 Å². The summed E-state index contributed by atoms with van der Waals surface area (Å²) in [5.41, 5.74) is -0.263. The first kappa shape index (κ1) is 23.4. The van der Waals surface area contributed by atoms with E-state index >= 15 is 0 Å². The molecule has 1 aromatic carbocycles. The Morgan fingerprint density at radius 3 is 2.30 bits per heavy atom. The molecular weight excluding hydrogens is 414 g/mol. The van der Waals surface area contributed by atoms with Crippen LogP contribution in [0.15, 0.2) is 40.4 Å². The second-order valence-electron chi connectivity index (χ2n) is 7.44. The number of esters is 2. The number of carbonyl (C=O) groups excluding carboxylic acids is 3. The number of hydrogen-bond acceptors (Lipinski definition) is 7. The van der Waals surface area contributed by atoms with Crippen molar-refractivity contribution in [3.63, 3.8) is 0 Å². The van der Waals surface area contributed by atoms with E-state index in [-0.39, 0.29) is 41.5 Å². The fraction of sp³-hybridized carbons (Fsp3) is 0.421. The Labute approximate surface area is 175 Å². The van der Waals surface area contributed by atoms with Crippen molar-refractivity contribution in [2.75, 3.05) is 19.8 Å².